The Labute approximate surface area is 161 Å². The fourth-order valence-electron chi connectivity index (χ4n) is 2.81. The van der Waals surface area contributed by atoms with Gasteiger partial charge in [0.05, 0.1) is 24.7 Å². The molecule has 1 N–H and O–H groups in total. The molecule has 0 aliphatic heterocycles. The Morgan fingerprint density at radius 3 is 2.48 bits per heavy atom. The van der Waals surface area contributed by atoms with E-state index in [0.29, 0.717) is 23.5 Å². The van der Waals surface area contributed by atoms with Gasteiger partial charge in [-0.05, 0) is 49.6 Å². The molecule has 2 aromatic carbocycles. The van der Waals surface area contributed by atoms with Crippen LogP contribution in [-0.2, 0) is 14.8 Å². The predicted octanol–water partition coefficient (Wildman–Crippen LogP) is 3.50. The summed E-state index contributed by atoms with van der Waals surface area (Å²) in [7, 11) is -1.90. The topological polar surface area (TPSA) is 75.7 Å². The van der Waals surface area contributed by atoms with Crippen LogP contribution in [0.3, 0.4) is 0 Å². The molecule has 0 fully saturated rings. The fraction of sp³-hybridized carbons (Fsp3) is 0.350. The van der Waals surface area contributed by atoms with Gasteiger partial charge < -0.3 is 10.1 Å². The van der Waals surface area contributed by atoms with E-state index in [-0.39, 0.29) is 18.9 Å². The smallest absolute Gasteiger partial charge is 0.232 e. The van der Waals surface area contributed by atoms with Crippen LogP contribution in [0, 0.1) is 13.8 Å². The molecule has 0 atom stereocenters. The zero-order valence-corrected chi connectivity index (χ0v) is 17.0. The number of hydrogen-bond acceptors (Lipinski definition) is 4. The molecule has 0 radical (unpaired) electrons. The second-order valence-electron chi connectivity index (χ2n) is 6.41. The maximum Gasteiger partial charge on any atom is 0.232 e. The van der Waals surface area contributed by atoms with Gasteiger partial charge in [-0.15, -0.1) is 0 Å². The number of rotatable bonds is 8. The summed E-state index contributed by atoms with van der Waals surface area (Å²) < 4.78 is 31.1. The lowest BCUT2D eigenvalue weighted by Gasteiger charge is -2.25. The minimum Gasteiger partial charge on any atom is -0.495 e. The Kier molecular flexibility index (Phi) is 6.85. The summed E-state index contributed by atoms with van der Waals surface area (Å²) in [6.07, 6.45) is 1.79. The molecule has 0 saturated carbocycles. The van der Waals surface area contributed by atoms with Gasteiger partial charge in [0.1, 0.15) is 5.75 Å². The van der Waals surface area contributed by atoms with Crippen LogP contribution in [0.25, 0.3) is 0 Å². The Morgan fingerprint density at radius 2 is 1.81 bits per heavy atom. The highest BCUT2D eigenvalue weighted by molar-refractivity contribution is 7.92. The van der Waals surface area contributed by atoms with Gasteiger partial charge in [-0.3, -0.25) is 9.10 Å². The molecule has 0 aliphatic carbocycles. The minimum atomic E-state index is -3.44. The highest BCUT2D eigenvalue weighted by atomic mass is 32.2. The van der Waals surface area contributed by atoms with E-state index in [1.54, 1.807) is 25.3 Å². The van der Waals surface area contributed by atoms with Crippen LogP contribution in [0.15, 0.2) is 42.5 Å². The number of methoxy groups -OCH3 is 1. The van der Waals surface area contributed by atoms with Crippen LogP contribution in [0.4, 0.5) is 11.4 Å². The van der Waals surface area contributed by atoms with Crippen molar-refractivity contribution in [3.63, 3.8) is 0 Å². The molecule has 0 heterocycles. The Balaban J connectivity index is 2.04. The lowest BCUT2D eigenvalue weighted by molar-refractivity contribution is -0.116. The zero-order chi connectivity index (χ0) is 20.0. The standard InChI is InChI=1S/C20H26N2O4S/c1-15-9-7-11-18(16(15)2)22(27(4,24)25)14-8-13-20(23)21-17-10-5-6-12-19(17)26-3/h5-7,9-12H,8,13-14H2,1-4H3,(H,21,23). The van der Waals surface area contributed by atoms with E-state index >= 15 is 0 Å². The lowest BCUT2D eigenvalue weighted by Crippen LogP contribution is -2.32. The largest absolute Gasteiger partial charge is 0.495 e. The first-order valence-electron chi connectivity index (χ1n) is 8.71. The zero-order valence-electron chi connectivity index (χ0n) is 16.2. The highest BCUT2D eigenvalue weighted by Gasteiger charge is 2.20. The van der Waals surface area contributed by atoms with Crippen molar-refractivity contribution in [3.8, 4) is 5.75 Å². The molecule has 0 bridgehead atoms. The number of ether oxygens (including phenoxy) is 1. The Morgan fingerprint density at radius 1 is 1.11 bits per heavy atom. The number of nitrogens with one attached hydrogen (secondary N) is 1. The molecule has 1 amide bonds. The van der Waals surface area contributed by atoms with Gasteiger partial charge in [-0.2, -0.15) is 0 Å². The van der Waals surface area contributed by atoms with Crippen LogP contribution in [0.2, 0.25) is 0 Å². The van der Waals surface area contributed by atoms with Crippen LogP contribution in [-0.4, -0.2) is 34.2 Å². The molecule has 7 heteroatoms. The van der Waals surface area contributed by atoms with Crippen molar-refractivity contribution < 1.29 is 17.9 Å². The first-order chi connectivity index (χ1) is 12.7. The molecule has 6 nitrogen and oxygen atoms in total. The van der Waals surface area contributed by atoms with Crippen molar-refractivity contribution in [3.05, 3.63) is 53.6 Å². The van der Waals surface area contributed by atoms with E-state index in [4.69, 9.17) is 4.74 Å². The number of benzene rings is 2. The molecular weight excluding hydrogens is 364 g/mol. The number of amides is 1. The Hall–Kier alpha value is -2.54. The molecule has 0 saturated heterocycles. The van der Waals surface area contributed by atoms with Crippen LogP contribution in [0.5, 0.6) is 5.75 Å². The van der Waals surface area contributed by atoms with Gasteiger partial charge >= 0.3 is 0 Å². The third-order valence-electron chi connectivity index (χ3n) is 4.39. The summed E-state index contributed by atoms with van der Waals surface area (Å²) in [6.45, 7) is 4.08. The molecule has 2 aromatic rings. The number of nitrogens with zero attached hydrogens (tertiary/aromatic N) is 1. The third kappa shape index (κ3) is 5.47. The molecule has 146 valence electrons. The predicted molar refractivity (Wildman–Crippen MR) is 109 cm³/mol. The van der Waals surface area contributed by atoms with Crippen LogP contribution >= 0.6 is 0 Å². The van der Waals surface area contributed by atoms with Crippen molar-refractivity contribution in [2.75, 3.05) is 29.5 Å². The molecule has 0 aromatic heterocycles. The number of hydrogen-bond donors (Lipinski definition) is 1. The normalized spacial score (nSPS) is 11.1. The fourth-order valence-corrected chi connectivity index (χ4v) is 3.83. The summed E-state index contributed by atoms with van der Waals surface area (Å²) in [6, 6.07) is 12.7. The first-order valence-corrected chi connectivity index (χ1v) is 10.6. The summed E-state index contributed by atoms with van der Waals surface area (Å²) >= 11 is 0. The van der Waals surface area contributed by atoms with Gasteiger partial charge in [-0.25, -0.2) is 8.42 Å². The average Bonchev–Trinajstić information content (AvgIpc) is 2.61. The number of anilines is 2. The molecule has 0 spiro atoms. The van der Waals surface area contributed by atoms with Gasteiger partial charge in [0.15, 0.2) is 0 Å². The highest BCUT2D eigenvalue weighted by Crippen LogP contribution is 2.26. The molecule has 0 aliphatic rings. The molecular formula is C20H26N2O4S. The van der Waals surface area contributed by atoms with E-state index in [1.807, 2.05) is 38.1 Å². The van der Waals surface area contributed by atoms with Crippen LogP contribution in [0.1, 0.15) is 24.0 Å². The Bertz CT molecular complexity index is 910. The van der Waals surface area contributed by atoms with Gasteiger partial charge in [0, 0.05) is 13.0 Å². The summed E-state index contributed by atoms with van der Waals surface area (Å²) in [4.78, 5) is 12.2. The van der Waals surface area contributed by atoms with Crippen molar-refractivity contribution >= 4 is 27.3 Å². The van der Waals surface area contributed by atoms with E-state index < -0.39 is 10.0 Å². The second-order valence-corrected chi connectivity index (χ2v) is 8.31. The van der Waals surface area contributed by atoms with Crippen molar-refractivity contribution in [2.45, 2.75) is 26.7 Å². The first kappa shape index (κ1) is 20.8. The van der Waals surface area contributed by atoms with Crippen molar-refractivity contribution in [1.82, 2.24) is 0 Å². The summed E-state index contributed by atoms with van der Waals surface area (Å²) in [5.74, 6) is 0.396. The maximum absolute atomic E-state index is 12.3. The van der Waals surface area contributed by atoms with Crippen molar-refractivity contribution in [2.24, 2.45) is 0 Å². The van der Waals surface area contributed by atoms with E-state index in [9.17, 15) is 13.2 Å². The number of carbonyl (C=O) groups is 1. The van der Waals surface area contributed by atoms with Crippen LogP contribution < -0.4 is 14.4 Å². The van der Waals surface area contributed by atoms with E-state index in [1.165, 1.54) is 10.6 Å². The molecule has 2 rings (SSSR count). The number of carbonyl (C=O) groups excluding carboxylic acids is 1. The van der Waals surface area contributed by atoms with E-state index in [0.717, 1.165) is 11.1 Å². The van der Waals surface area contributed by atoms with Crippen molar-refractivity contribution in [1.29, 1.82) is 0 Å². The average molecular weight is 391 g/mol. The summed E-state index contributed by atoms with van der Waals surface area (Å²) in [5, 5.41) is 2.80. The van der Waals surface area contributed by atoms with E-state index in [2.05, 4.69) is 5.32 Å². The third-order valence-corrected chi connectivity index (χ3v) is 5.57. The maximum atomic E-state index is 12.3. The van der Waals surface area contributed by atoms with Gasteiger partial charge in [-0.1, -0.05) is 24.3 Å². The number of aryl methyl sites for hydroxylation is 1. The van der Waals surface area contributed by atoms with Gasteiger partial charge in [0.2, 0.25) is 15.9 Å². The quantitative estimate of drug-likeness (QED) is 0.749. The molecule has 0 unspecified atom stereocenters. The SMILES string of the molecule is COc1ccccc1NC(=O)CCCN(c1cccc(C)c1C)S(C)(=O)=O. The number of para-hydroxylation sites is 2. The summed E-state index contributed by atoms with van der Waals surface area (Å²) in [5.41, 5.74) is 3.19. The second kappa shape index (κ2) is 8.90. The minimum absolute atomic E-state index is 0.186. The lowest BCUT2D eigenvalue weighted by atomic mass is 10.1. The molecule has 27 heavy (non-hydrogen) atoms. The van der Waals surface area contributed by atoms with Gasteiger partial charge in [0.25, 0.3) is 0 Å². The monoisotopic (exact) mass is 390 g/mol. The number of sulfonamides is 1.